The molecule has 1 amide bonds. The molecule has 0 saturated heterocycles. The van der Waals surface area contributed by atoms with Gasteiger partial charge in [-0.1, -0.05) is 6.08 Å². The summed E-state index contributed by atoms with van der Waals surface area (Å²) >= 11 is 0. The lowest BCUT2D eigenvalue weighted by Crippen LogP contribution is -2.32. The molecule has 0 atom stereocenters. The van der Waals surface area contributed by atoms with Crippen molar-refractivity contribution in [1.29, 1.82) is 0 Å². The predicted octanol–water partition coefficient (Wildman–Crippen LogP) is 0.250. The first-order valence-corrected chi connectivity index (χ1v) is 3.77. The fourth-order valence-electron chi connectivity index (χ4n) is 1.18. The molecule has 1 aliphatic heterocycles. The number of carbonyl (C=O) groups is 2. The maximum absolute atomic E-state index is 11.3. The number of hydrogen-bond acceptors (Lipinski definition) is 2. The minimum atomic E-state index is -0.954. The van der Waals surface area contributed by atoms with Gasteiger partial charge in [0.1, 0.15) is 0 Å². The number of carboxylic acids is 1. The van der Waals surface area contributed by atoms with E-state index >= 15 is 0 Å². The first-order valence-electron chi connectivity index (χ1n) is 3.77. The van der Waals surface area contributed by atoms with Crippen LogP contribution in [0.1, 0.15) is 12.8 Å². The molecule has 66 valence electrons. The number of amides is 1. The highest BCUT2D eigenvalue weighted by Gasteiger charge is 2.19. The van der Waals surface area contributed by atoms with Gasteiger partial charge < -0.3 is 10.0 Å². The Morgan fingerprint density at radius 3 is 3.00 bits per heavy atom. The van der Waals surface area contributed by atoms with E-state index in [1.807, 2.05) is 0 Å². The second-order valence-corrected chi connectivity index (χ2v) is 2.82. The van der Waals surface area contributed by atoms with Crippen molar-refractivity contribution in [3.63, 3.8) is 0 Å². The van der Waals surface area contributed by atoms with Crippen molar-refractivity contribution in [3.05, 3.63) is 11.6 Å². The Hall–Kier alpha value is -1.32. The molecule has 12 heavy (non-hydrogen) atoms. The highest BCUT2D eigenvalue weighted by molar-refractivity contribution is 5.97. The van der Waals surface area contributed by atoms with Crippen molar-refractivity contribution in [2.75, 3.05) is 13.6 Å². The van der Waals surface area contributed by atoms with Gasteiger partial charge in [0.05, 0.1) is 6.42 Å². The summed E-state index contributed by atoms with van der Waals surface area (Å²) in [7, 11) is 1.68. The van der Waals surface area contributed by atoms with Crippen LogP contribution in [-0.4, -0.2) is 35.5 Å². The maximum Gasteiger partial charge on any atom is 0.308 e. The van der Waals surface area contributed by atoms with E-state index in [9.17, 15) is 9.59 Å². The number of likely N-dealkylation sites (N-methyl/N-ethyl adjacent to an activating group) is 1. The standard InChI is InChI=1S/C8H11NO3/c1-9-4-2-3-6(8(9)12)5-7(10)11/h3H,2,4-5H2,1H3,(H,10,11). The number of aliphatic carboxylic acids is 1. The fourth-order valence-corrected chi connectivity index (χ4v) is 1.18. The number of carbonyl (C=O) groups excluding carboxylic acids is 1. The second-order valence-electron chi connectivity index (χ2n) is 2.82. The quantitative estimate of drug-likeness (QED) is 0.644. The summed E-state index contributed by atoms with van der Waals surface area (Å²) in [6, 6.07) is 0. The molecule has 0 aliphatic carbocycles. The highest BCUT2D eigenvalue weighted by atomic mass is 16.4. The van der Waals surface area contributed by atoms with Gasteiger partial charge in [-0.15, -0.1) is 0 Å². The van der Waals surface area contributed by atoms with E-state index in [0.717, 1.165) is 6.42 Å². The number of hydrogen-bond donors (Lipinski definition) is 1. The normalized spacial score (nSPS) is 17.6. The summed E-state index contributed by atoms with van der Waals surface area (Å²) in [5.74, 6) is -1.12. The molecule has 0 aromatic rings. The van der Waals surface area contributed by atoms with E-state index in [-0.39, 0.29) is 12.3 Å². The van der Waals surface area contributed by atoms with Gasteiger partial charge in [0.2, 0.25) is 5.91 Å². The Balaban J connectivity index is 2.69. The molecule has 4 nitrogen and oxygen atoms in total. The van der Waals surface area contributed by atoms with Crippen molar-refractivity contribution in [2.24, 2.45) is 0 Å². The van der Waals surface area contributed by atoms with Crippen molar-refractivity contribution in [2.45, 2.75) is 12.8 Å². The summed E-state index contributed by atoms with van der Waals surface area (Å²) in [6.45, 7) is 0.682. The smallest absolute Gasteiger partial charge is 0.308 e. The van der Waals surface area contributed by atoms with Crippen LogP contribution in [-0.2, 0) is 9.59 Å². The molecule has 0 bridgehead atoms. The van der Waals surface area contributed by atoms with Gasteiger partial charge in [-0.2, -0.15) is 0 Å². The molecule has 0 spiro atoms. The average Bonchev–Trinajstić information content (AvgIpc) is 1.98. The van der Waals surface area contributed by atoms with Crippen LogP contribution in [0.3, 0.4) is 0 Å². The van der Waals surface area contributed by atoms with Crippen molar-refractivity contribution in [3.8, 4) is 0 Å². The van der Waals surface area contributed by atoms with Crippen LogP contribution in [0.5, 0.6) is 0 Å². The van der Waals surface area contributed by atoms with Crippen molar-refractivity contribution >= 4 is 11.9 Å². The first kappa shape index (κ1) is 8.77. The van der Waals surface area contributed by atoms with Crippen LogP contribution >= 0.6 is 0 Å². The van der Waals surface area contributed by atoms with Crippen LogP contribution in [0, 0.1) is 0 Å². The van der Waals surface area contributed by atoms with E-state index in [4.69, 9.17) is 5.11 Å². The van der Waals surface area contributed by atoms with Gasteiger partial charge in [-0.3, -0.25) is 9.59 Å². The molecule has 0 unspecified atom stereocenters. The Labute approximate surface area is 70.5 Å². The Bertz CT molecular complexity index is 245. The summed E-state index contributed by atoms with van der Waals surface area (Å²) < 4.78 is 0. The topological polar surface area (TPSA) is 57.6 Å². The highest BCUT2D eigenvalue weighted by Crippen LogP contribution is 2.12. The van der Waals surface area contributed by atoms with Crippen LogP contribution in [0.2, 0.25) is 0 Å². The molecule has 0 fully saturated rings. The van der Waals surface area contributed by atoms with Gasteiger partial charge in [-0.05, 0) is 6.42 Å². The minimum Gasteiger partial charge on any atom is -0.481 e. The zero-order valence-electron chi connectivity index (χ0n) is 6.91. The number of nitrogens with zero attached hydrogens (tertiary/aromatic N) is 1. The van der Waals surface area contributed by atoms with Crippen molar-refractivity contribution in [1.82, 2.24) is 4.90 Å². The molecular weight excluding hydrogens is 158 g/mol. The molecule has 0 aromatic carbocycles. The lowest BCUT2D eigenvalue weighted by Gasteiger charge is -2.21. The lowest BCUT2D eigenvalue weighted by atomic mass is 10.1. The van der Waals surface area contributed by atoms with E-state index in [2.05, 4.69) is 0 Å². The van der Waals surface area contributed by atoms with Gasteiger partial charge in [0.25, 0.3) is 0 Å². The van der Waals surface area contributed by atoms with Gasteiger partial charge >= 0.3 is 5.97 Å². The van der Waals surface area contributed by atoms with Crippen LogP contribution in [0.25, 0.3) is 0 Å². The minimum absolute atomic E-state index is 0.163. The molecule has 1 heterocycles. The molecule has 1 N–H and O–H groups in total. The largest absolute Gasteiger partial charge is 0.481 e. The maximum atomic E-state index is 11.3. The van der Waals surface area contributed by atoms with Crippen molar-refractivity contribution < 1.29 is 14.7 Å². The first-order chi connectivity index (χ1) is 5.61. The number of carboxylic acid groups (broad SMARTS) is 1. The molecule has 1 rings (SSSR count). The molecular formula is C8H11NO3. The monoisotopic (exact) mass is 169 g/mol. The second kappa shape index (κ2) is 3.38. The van der Waals surface area contributed by atoms with Gasteiger partial charge in [0.15, 0.2) is 0 Å². The summed E-state index contributed by atoms with van der Waals surface area (Å²) in [5, 5.41) is 8.46. The van der Waals surface area contributed by atoms with E-state index < -0.39 is 5.97 Å². The third kappa shape index (κ3) is 1.84. The molecule has 0 saturated carbocycles. The zero-order chi connectivity index (χ0) is 9.14. The van der Waals surface area contributed by atoms with E-state index in [1.165, 1.54) is 4.90 Å². The Morgan fingerprint density at radius 2 is 2.42 bits per heavy atom. The van der Waals surface area contributed by atoms with E-state index in [0.29, 0.717) is 12.1 Å². The Kier molecular flexibility index (Phi) is 2.47. The van der Waals surface area contributed by atoms with Crippen LogP contribution in [0.4, 0.5) is 0 Å². The SMILES string of the molecule is CN1CCC=C(CC(=O)O)C1=O. The molecule has 0 aromatic heterocycles. The molecule has 0 radical (unpaired) electrons. The third-order valence-corrected chi connectivity index (χ3v) is 1.82. The predicted molar refractivity (Wildman–Crippen MR) is 42.6 cm³/mol. The average molecular weight is 169 g/mol. The van der Waals surface area contributed by atoms with E-state index in [1.54, 1.807) is 13.1 Å². The summed E-state index contributed by atoms with van der Waals surface area (Å²) in [4.78, 5) is 23.1. The zero-order valence-corrected chi connectivity index (χ0v) is 6.91. The molecule has 4 heteroatoms. The third-order valence-electron chi connectivity index (χ3n) is 1.82. The Morgan fingerprint density at radius 1 is 1.75 bits per heavy atom. The van der Waals surface area contributed by atoms with Gasteiger partial charge in [-0.25, -0.2) is 0 Å². The van der Waals surface area contributed by atoms with Crippen LogP contribution < -0.4 is 0 Å². The fraction of sp³-hybridized carbons (Fsp3) is 0.500. The number of rotatable bonds is 2. The van der Waals surface area contributed by atoms with Crippen LogP contribution in [0.15, 0.2) is 11.6 Å². The summed E-state index contributed by atoms with van der Waals surface area (Å²) in [5.41, 5.74) is 0.399. The van der Waals surface area contributed by atoms with Gasteiger partial charge in [0, 0.05) is 19.2 Å². The molecule has 1 aliphatic rings. The lowest BCUT2D eigenvalue weighted by molar-refractivity contribution is -0.138. The summed E-state index contributed by atoms with van der Waals surface area (Å²) in [6.07, 6.45) is 2.30.